The lowest BCUT2D eigenvalue weighted by Crippen LogP contribution is -2.41. The molecule has 1 aliphatic heterocycles. The van der Waals surface area contributed by atoms with Crippen molar-refractivity contribution in [2.75, 3.05) is 4.90 Å². The van der Waals surface area contributed by atoms with Crippen LogP contribution in [0.5, 0.6) is 0 Å². The van der Waals surface area contributed by atoms with Gasteiger partial charge in [-0.05, 0) is 53.8 Å². The molecule has 0 saturated heterocycles. The highest BCUT2D eigenvalue weighted by atomic mass is 16.4. The Hall–Kier alpha value is -4.06. The van der Waals surface area contributed by atoms with Crippen LogP contribution in [0, 0.1) is 0 Å². The van der Waals surface area contributed by atoms with Gasteiger partial charge in [0.2, 0.25) is 5.91 Å². The van der Waals surface area contributed by atoms with E-state index in [9.17, 15) is 19.5 Å². The van der Waals surface area contributed by atoms with E-state index in [-0.39, 0.29) is 35.5 Å². The van der Waals surface area contributed by atoms with Crippen molar-refractivity contribution in [2.45, 2.75) is 31.1 Å². The van der Waals surface area contributed by atoms with Crippen LogP contribution in [0.4, 0.5) is 5.69 Å². The normalized spacial score (nSPS) is 20.5. The van der Waals surface area contributed by atoms with Crippen molar-refractivity contribution in [1.82, 2.24) is 4.98 Å². The maximum absolute atomic E-state index is 13.5. The number of ketones is 1. The Morgan fingerprint density at radius 2 is 1.64 bits per heavy atom. The van der Waals surface area contributed by atoms with E-state index in [1.165, 1.54) is 12.1 Å². The van der Waals surface area contributed by atoms with Gasteiger partial charge in [0.15, 0.2) is 5.78 Å². The lowest BCUT2D eigenvalue weighted by Gasteiger charge is -2.40. The molecule has 164 valence electrons. The molecule has 0 spiro atoms. The molecule has 6 heteroatoms. The number of carboxylic acid groups (broad SMARTS) is 1. The minimum Gasteiger partial charge on any atom is -0.478 e. The van der Waals surface area contributed by atoms with E-state index < -0.39 is 5.97 Å². The van der Waals surface area contributed by atoms with Crippen molar-refractivity contribution in [1.29, 1.82) is 0 Å². The van der Waals surface area contributed by atoms with Crippen LogP contribution in [-0.4, -0.2) is 27.8 Å². The third-order valence-corrected chi connectivity index (χ3v) is 6.46. The summed E-state index contributed by atoms with van der Waals surface area (Å²) in [4.78, 5) is 44.2. The smallest absolute Gasteiger partial charge is 0.335 e. The molecular weight excluding hydrogens is 416 g/mol. The summed E-state index contributed by atoms with van der Waals surface area (Å²) in [6.45, 7) is 0. The number of benzene rings is 2. The first-order valence-corrected chi connectivity index (χ1v) is 10.9. The maximum atomic E-state index is 13.5. The summed E-state index contributed by atoms with van der Waals surface area (Å²) in [6, 6.07) is 19.9. The number of amides is 1. The second-order valence-corrected chi connectivity index (χ2v) is 8.42. The second kappa shape index (κ2) is 8.47. The van der Waals surface area contributed by atoms with Crippen LogP contribution in [-0.2, 0) is 9.59 Å². The first-order valence-electron chi connectivity index (χ1n) is 10.9. The molecule has 1 N–H and O–H groups in total. The largest absolute Gasteiger partial charge is 0.478 e. The number of carbonyl (C=O) groups excluding carboxylic acids is 2. The molecule has 1 aliphatic carbocycles. The number of Topliss-reactive ketones (excluding diaryl/α,β-unsaturated/α-hetero) is 1. The standard InChI is InChI=1S/C27H22N2O4/c30-24-15-20(17-5-2-1-3-6-17)14-23-26(24)22(18-9-11-28-12-10-18)16-25(31)29(23)21-8-4-7-19(13-21)27(32)33/h1-13,20,22H,14-16H2,(H,32,33). The minimum atomic E-state index is -1.06. The maximum Gasteiger partial charge on any atom is 0.335 e. The average molecular weight is 438 g/mol. The Morgan fingerprint density at radius 3 is 2.36 bits per heavy atom. The van der Waals surface area contributed by atoms with Gasteiger partial charge in [0.05, 0.1) is 5.56 Å². The topological polar surface area (TPSA) is 87.6 Å². The summed E-state index contributed by atoms with van der Waals surface area (Å²) >= 11 is 0. The zero-order chi connectivity index (χ0) is 22.9. The lowest BCUT2D eigenvalue weighted by molar-refractivity contribution is -0.120. The predicted molar refractivity (Wildman–Crippen MR) is 123 cm³/mol. The van der Waals surface area contributed by atoms with Crippen LogP contribution in [0.3, 0.4) is 0 Å². The number of nitrogens with zero attached hydrogens (tertiary/aromatic N) is 2. The highest BCUT2D eigenvalue weighted by Crippen LogP contribution is 2.46. The van der Waals surface area contributed by atoms with Gasteiger partial charge in [0, 0.05) is 48.1 Å². The number of hydrogen-bond acceptors (Lipinski definition) is 4. The third kappa shape index (κ3) is 3.84. The highest BCUT2D eigenvalue weighted by Gasteiger charge is 2.42. The molecule has 2 aliphatic rings. The van der Waals surface area contributed by atoms with Gasteiger partial charge < -0.3 is 5.11 Å². The molecule has 5 rings (SSSR count). The van der Waals surface area contributed by atoms with E-state index in [0.717, 1.165) is 11.1 Å². The average Bonchev–Trinajstić information content (AvgIpc) is 2.84. The first kappa shape index (κ1) is 20.8. The summed E-state index contributed by atoms with van der Waals surface area (Å²) in [5.74, 6) is -1.57. The summed E-state index contributed by atoms with van der Waals surface area (Å²) in [7, 11) is 0. The summed E-state index contributed by atoms with van der Waals surface area (Å²) < 4.78 is 0. The van der Waals surface area contributed by atoms with Gasteiger partial charge in [0.1, 0.15) is 0 Å². The summed E-state index contributed by atoms with van der Waals surface area (Å²) in [5.41, 5.74) is 3.82. The Balaban J connectivity index is 1.66. The van der Waals surface area contributed by atoms with Crippen LogP contribution < -0.4 is 4.90 Å². The Morgan fingerprint density at radius 1 is 0.879 bits per heavy atom. The minimum absolute atomic E-state index is 0.0267. The predicted octanol–water partition coefficient (Wildman–Crippen LogP) is 4.70. The van der Waals surface area contributed by atoms with Gasteiger partial charge in [-0.25, -0.2) is 4.79 Å². The molecule has 33 heavy (non-hydrogen) atoms. The van der Waals surface area contributed by atoms with Gasteiger partial charge in [-0.3, -0.25) is 19.5 Å². The fourth-order valence-electron chi connectivity index (χ4n) is 4.95. The monoisotopic (exact) mass is 438 g/mol. The Labute approximate surface area is 191 Å². The molecule has 2 aromatic carbocycles. The molecule has 1 amide bonds. The van der Waals surface area contributed by atoms with E-state index in [1.807, 2.05) is 42.5 Å². The van der Waals surface area contributed by atoms with Crippen LogP contribution >= 0.6 is 0 Å². The molecule has 0 bridgehead atoms. The van der Waals surface area contributed by atoms with Crippen LogP contribution in [0.15, 0.2) is 90.4 Å². The lowest BCUT2D eigenvalue weighted by atomic mass is 9.73. The van der Waals surface area contributed by atoms with Gasteiger partial charge in [-0.15, -0.1) is 0 Å². The van der Waals surface area contributed by atoms with Crippen molar-refractivity contribution in [3.8, 4) is 0 Å². The number of allylic oxidation sites excluding steroid dienone is 2. The quantitative estimate of drug-likeness (QED) is 0.638. The van der Waals surface area contributed by atoms with Gasteiger partial charge in [0.25, 0.3) is 0 Å². The number of pyridine rings is 1. The van der Waals surface area contributed by atoms with E-state index in [2.05, 4.69) is 4.98 Å². The van der Waals surface area contributed by atoms with E-state index in [0.29, 0.717) is 29.8 Å². The summed E-state index contributed by atoms with van der Waals surface area (Å²) in [5, 5.41) is 9.45. The van der Waals surface area contributed by atoms with Crippen molar-refractivity contribution in [3.63, 3.8) is 0 Å². The van der Waals surface area contributed by atoms with E-state index in [4.69, 9.17) is 0 Å². The Bertz CT molecular complexity index is 1270. The zero-order valence-corrected chi connectivity index (χ0v) is 17.8. The van der Waals surface area contributed by atoms with Crippen molar-refractivity contribution >= 4 is 23.3 Å². The Kier molecular flexibility index (Phi) is 5.34. The SMILES string of the molecule is O=C1CC(c2ccccc2)CC2=C1C(c1ccncc1)CC(=O)N2c1cccc(C(=O)O)c1. The van der Waals surface area contributed by atoms with E-state index in [1.54, 1.807) is 29.4 Å². The van der Waals surface area contributed by atoms with Crippen LogP contribution in [0.2, 0.25) is 0 Å². The number of aromatic carboxylic acids is 1. The number of anilines is 1. The number of aromatic nitrogens is 1. The molecule has 2 atom stereocenters. The van der Waals surface area contributed by atoms with E-state index >= 15 is 0 Å². The molecule has 1 aromatic heterocycles. The van der Waals surface area contributed by atoms with Gasteiger partial charge in [-0.1, -0.05) is 36.4 Å². The molecule has 3 aromatic rings. The highest BCUT2D eigenvalue weighted by molar-refractivity contribution is 6.08. The van der Waals surface area contributed by atoms with Crippen molar-refractivity contribution < 1.29 is 19.5 Å². The second-order valence-electron chi connectivity index (χ2n) is 8.42. The van der Waals surface area contributed by atoms with Crippen LogP contribution in [0.1, 0.15) is 52.6 Å². The first-order chi connectivity index (χ1) is 16.0. The van der Waals surface area contributed by atoms with Crippen LogP contribution in [0.25, 0.3) is 0 Å². The third-order valence-electron chi connectivity index (χ3n) is 6.46. The molecule has 6 nitrogen and oxygen atoms in total. The zero-order valence-electron chi connectivity index (χ0n) is 17.8. The number of rotatable bonds is 4. The number of hydrogen-bond donors (Lipinski definition) is 1. The fourth-order valence-corrected chi connectivity index (χ4v) is 4.95. The fraction of sp³-hybridized carbons (Fsp3) is 0.185. The molecule has 2 unspecified atom stereocenters. The summed E-state index contributed by atoms with van der Waals surface area (Å²) in [6.07, 6.45) is 4.38. The van der Waals surface area contributed by atoms with Gasteiger partial charge in [-0.2, -0.15) is 0 Å². The molecule has 2 heterocycles. The van der Waals surface area contributed by atoms with Crippen molar-refractivity contribution in [3.05, 3.63) is 107 Å². The molecule has 0 fully saturated rings. The molecular formula is C27H22N2O4. The number of carbonyl (C=O) groups is 3. The van der Waals surface area contributed by atoms with Crippen molar-refractivity contribution in [2.24, 2.45) is 0 Å². The van der Waals surface area contributed by atoms with Gasteiger partial charge >= 0.3 is 5.97 Å². The molecule has 0 saturated carbocycles. The molecule has 0 radical (unpaired) electrons. The number of carboxylic acids is 1.